The Morgan fingerprint density at radius 1 is 1.00 bits per heavy atom. The molecular formula is C21H23F2N3O5. The van der Waals surface area contributed by atoms with Crippen LogP contribution < -0.4 is 16.4 Å². The van der Waals surface area contributed by atoms with Crippen molar-refractivity contribution < 1.29 is 33.0 Å². The van der Waals surface area contributed by atoms with Crippen LogP contribution in [0.25, 0.3) is 0 Å². The molecule has 2 aromatic rings. The molecule has 2 aromatic carbocycles. The zero-order valence-electron chi connectivity index (χ0n) is 16.5. The van der Waals surface area contributed by atoms with Crippen LogP contribution in [0.1, 0.15) is 11.1 Å². The molecule has 5 N–H and O–H groups in total. The lowest BCUT2D eigenvalue weighted by molar-refractivity contribution is -0.167. The molecule has 0 spiro atoms. The lowest BCUT2D eigenvalue weighted by atomic mass is 9.96. The van der Waals surface area contributed by atoms with E-state index in [9.17, 15) is 28.3 Å². The Balaban J connectivity index is 2.11. The van der Waals surface area contributed by atoms with Crippen LogP contribution in [0.15, 0.2) is 60.7 Å². The van der Waals surface area contributed by atoms with Crippen molar-refractivity contribution in [3.05, 3.63) is 71.8 Å². The number of nitrogens with two attached hydrogens (primary N) is 1. The highest BCUT2D eigenvalue weighted by Gasteiger charge is 2.50. The molecule has 0 saturated carbocycles. The van der Waals surface area contributed by atoms with Gasteiger partial charge in [0.05, 0.1) is 12.6 Å². The molecule has 0 radical (unpaired) electrons. The van der Waals surface area contributed by atoms with Crippen LogP contribution in [0.4, 0.5) is 13.6 Å². The van der Waals surface area contributed by atoms with Gasteiger partial charge >= 0.3 is 12.0 Å². The van der Waals surface area contributed by atoms with Gasteiger partial charge in [-0.15, -0.1) is 0 Å². The number of primary amides is 1. The van der Waals surface area contributed by atoms with E-state index >= 15 is 0 Å². The van der Waals surface area contributed by atoms with Gasteiger partial charge in [0.1, 0.15) is 12.7 Å². The first-order valence-corrected chi connectivity index (χ1v) is 9.33. The Bertz CT molecular complexity index is 881. The summed E-state index contributed by atoms with van der Waals surface area (Å²) < 4.78 is 34.0. The molecule has 0 aliphatic carbocycles. The summed E-state index contributed by atoms with van der Waals surface area (Å²) in [7, 11) is 0. The van der Waals surface area contributed by atoms with E-state index in [2.05, 4.69) is 5.32 Å². The second-order valence-corrected chi connectivity index (χ2v) is 6.72. The van der Waals surface area contributed by atoms with Crippen molar-refractivity contribution in [2.75, 3.05) is 6.54 Å². The van der Waals surface area contributed by atoms with Gasteiger partial charge in [-0.1, -0.05) is 60.7 Å². The number of amides is 3. The largest absolute Gasteiger partial charge is 0.445 e. The Morgan fingerprint density at radius 2 is 1.55 bits per heavy atom. The summed E-state index contributed by atoms with van der Waals surface area (Å²) in [6, 6.07) is 15.4. The predicted octanol–water partition coefficient (Wildman–Crippen LogP) is 1.12. The van der Waals surface area contributed by atoms with Gasteiger partial charge < -0.3 is 26.2 Å². The summed E-state index contributed by atoms with van der Waals surface area (Å²) in [5.41, 5.74) is 6.04. The molecule has 166 valence electrons. The zero-order chi connectivity index (χ0) is 22.9. The fourth-order valence-electron chi connectivity index (χ4n) is 2.70. The summed E-state index contributed by atoms with van der Waals surface area (Å²) in [6.45, 7) is -0.937. The normalized spacial score (nSPS) is 13.0. The monoisotopic (exact) mass is 435 g/mol. The molecule has 0 bridgehead atoms. The van der Waals surface area contributed by atoms with Crippen LogP contribution in [0, 0.1) is 0 Å². The number of rotatable bonds is 10. The maximum Gasteiger partial charge on any atom is 0.407 e. The fourth-order valence-corrected chi connectivity index (χ4v) is 2.70. The molecule has 0 aliphatic heterocycles. The third-order valence-corrected chi connectivity index (χ3v) is 4.29. The van der Waals surface area contributed by atoms with Crippen LogP contribution in [0.5, 0.6) is 0 Å². The maximum atomic E-state index is 14.5. The first-order chi connectivity index (χ1) is 14.7. The van der Waals surface area contributed by atoms with E-state index in [-0.39, 0.29) is 13.0 Å². The minimum absolute atomic E-state index is 0.115. The SMILES string of the molecule is NC(=O)CNC(=O)C(F)(F)C(O)C(Cc1ccccc1)NC(=O)OCc1ccccc1. The second kappa shape index (κ2) is 11.0. The average Bonchev–Trinajstić information content (AvgIpc) is 2.76. The van der Waals surface area contributed by atoms with Crippen LogP contribution in [-0.2, 0) is 27.4 Å². The zero-order valence-corrected chi connectivity index (χ0v) is 16.5. The van der Waals surface area contributed by atoms with Gasteiger partial charge in [-0.25, -0.2) is 4.79 Å². The van der Waals surface area contributed by atoms with Crippen LogP contribution >= 0.6 is 0 Å². The van der Waals surface area contributed by atoms with E-state index in [1.807, 2.05) is 0 Å². The Hall–Kier alpha value is -3.53. The third-order valence-electron chi connectivity index (χ3n) is 4.29. The lowest BCUT2D eigenvalue weighted by Gasteiger charge is -2.29. The number of aliphatic hydroxyl groups is 1. The smallest absolute Gasteiger partial charge is 0.407 e. The molecule has 2 atom stereocenters. The number of aliphatic hydroxyl groups excluding tert-OH is 1. The van der Waals surface area contributed by atoms with Gasteiger partial charge in [0.25, 0.3) is 5.91 Å². The Labute approximate surface area is 177 Å². The summed E-state index contributed by atoms with van der Waals surface area (Å²) in [6.07, 6.45) is -3.86. The number of carbonyl (C=O) groups excluding carboxylic acids is 3. The molecule has 8 nitrogen and oxygen atoms in total. The first kappa shape index (κ1) is 23.7. The predicted molar refractivity (Wildman–Crippen MR) is 107 cm³/mol. The van der Waals surface area contributed by atoms with Gasteiger partial charge in [0.2, 0.25) is 5.91 Å². The third kappa shape index (κ3) is 7.34. The first-order valence-electron chi connectivity index (χ1n) is 9.33. The van der Waals surface area contributed by atoms with Crippen LogP contribution in [0.2, 0.25) is 0 Å². The van der Waals surface area contributed by atoms with Gasteiger partial charge in [0, 0.05) is 0 Å². The molecule has 0 aliphatic rings. The van der Waals surface area contributed by atoms with Gasteiger partial charge in [-0.3, -0.25) is 9.59 Å². The number of hydrogen-bond acceptors (Lipinski definition) is 5. The number of nitrogens with one attached hydrogen (secondary N) is 2. The van der Waals surface area contributed by atoms with Gasteiger partial charge in [0.15, 0.2) is 0 Å². The highest BCUT2D eigenvalue weighted by molar-refractivity contribution is 5.88. The average molecular weight is 435 g/mol. The van der Waals surface area contributed by atoms with E-state index in [1.54, 1.807) is 66.0 Å². The number of alkyl halides is 2. The van der Waals surface area contributed by atoms with Crippen LogP contribution in [-0.4, -0.2) is 47.6 Å². The molecular weight excluding hydrogens is 412 g/mol. The molecule has 0 fully saturated rings. The molecule has 2 unspecified atom stereocenters. The standard InChI is InChI=1S/C21H23F2N3O5/c22-21(23,19(29)25-12-17(24)27)18(28)16(11-14-7-3-1-4-8-14)26-20(30)31-13-15-9-5-2-6-10-15/h1-10,16,18,28H,11-13H2,(H2,24,27)(H,25,29)(H,26,30). The van der Waals surface area contributed by atoms with Crippen molar-refractivity contribution in [3.63, 3.8) is 0 Å². The van der Waals surface area contributed by atoms with Crippen molar-refractivity contribution in [1.29, 1.82) is 0 Å². The molecule has 0 heterocycles. The molecule has 0 aromatic heterocycles. The molecule has 31 heavy (non-hydrogen) atoms. The maximum absolute atomic E-state index is 14.5. The van der Waals surface area contributed by atoms with E-state index < -0.39 is 42.5 Å². The number of halogens is 2. The summed E-state index contributed by atoms with van der Waals surface area (Å²) in [4.78, 5) is 34.7. The topological polar surface area (TPSA) is 131 Å². The quantitative estimate of drug-likeness (QED) is 0.444. The Morgan fingerprint density at radius 3 is 2.10 bits per heavy atom. The fraction of sp³-hybridized carbons (Fsp3) is 0.286. The second-order valence-electron chi connectivity index (χ2n) is 6.72. The van der Waals surface area contributed by atoms with Crippen LogP contribution in [0.3, 0.4) is 0 Å². The summed E-state index contributed by atoms with van der Waals surface area (Å²) in [5.74, 6) is -7.24. The van der Waals surface area contributed by atoms with Gasteiger partial charge in [-0.05, 0) is 17.5 Å². The van der Waals surface area contributed by atoms with Crippen molar-refractivity contribution >= 4 is 17.9 Å². The van der Waals surface area contributed by atoms with Crippen molar-refractivity contribution in [1.82, 2.24) is 10.6 Å². The van der Waals surface area contributed by atoms with E-state index in [4.69, 9.17) is 10.5 Å². The molecule has 10 heteroatoms. The van der Waals surface area contributed by atoms with Crippen molar-refractivity contribution in [2.24, 2.45) is 5.73 Å². The molecule has 3 amide bonds. The highest BCUT2D eigenvalue weighted by atomic mass is 19.3. The van der Waals surface area contributed by atoms with E-state index in [0.29, 0.717) is 11.1 Å². The number of benzene rings is 2. The number of ether oxygens (including phenoxy) is 1. The van der Waals surface area contributed by atoms with Crippen molar-refractivity contribution in [3.8, 4) is 0 Å². The summed E-state index contributed by atoms with van der Waals surface area (Å²) >= 11 is 0. The van der Waals surface area contributed by atoms with Crippen molar-refractivity contribution in [2.45, 2.75) is 31.1 Å². The number of alkyl carbamates (subject to hydrolysis) is 1. The summed E-state index contributed by atoms with van der Waals surface area (Å²) in [5, 5.41) is 14.1. The minimum atomic E-state index is -4.32. The molecule has 0 saturated heterocycles. The van der Waals surface area contributed by atoms with Gasteiger partial charge in [-0.2, -0.15) is 8.78 Å². The lowest BCUT2D eigenvalue weighted by Crippen LogP contribution is -2.58. The molecule has 2 rings (SSSR count). The highest BCUT2D eigenvalue weighted by Crippen LogP contribution is 2.23. The van der Waals surface area contributed by atoms with E-state index in [1.165, 1.54) is 0 Å². The Kier molecular flexibility index (Phi) is 8.44. The number of carbonyl (C=O) groups is 3. The minimum Gasteiger partial charge on any atom is -0.445 e. The number of hydrogen-bond donors (Lipinski definition) is 4. The van der Waals surface area contributed by atoms with E-state index in [0.717, 1.165) is 0 Å².